The summed E-state index contributed by atoms with van der Waals surface area (Å²) in [5, 5.41) is 2.85. The van der Waals surface area contributed by atoms with Crippen molar-refractivity contribution in [2.45, 2.75) is 316 Å². The third kappa shape index (κ3) is 47.6. The van der Waals surface area contributed by atoms with Crippen LogP contribution in [0, 0.1) is 0 Å². The molecule has 0 aromatic rings. The Morgan fingerprint density at radius 1 is 0.414 bits per heavy atom. The Kier molecular flexibility index (Phi) is 50.6. The van der Waals surface area contributed by atoms with Gasteiger partial charge in [0.05, 0.1) is 6.42 Å². The van der Waals surface area contributed by atoms with Gasteiger partial charge in [-0.25, -0.2) is 4.79 Å². The van der Waals surface area contributed by atoms with Crippen LogP contribution in [0.5, 0.6) is 0 Å². The van der Waals surface area contributed by atoms with Gasteiger partial charge in [0.15, 0.2) is 0 Å². The first-order valence-corrected chi connectivity index (χ1v) is 30.0. The first-order valence-electron chi connectivity index (χ1n) is 30.0. The van der Waals surface area contributed by atoms with E-state index in [-0.39, 0.29) is 50.5 Å². The van der Waals surface area contributed by atoms with Crippen LogP contribution in [-0.2, 0) is 33.4 Å². The second-order valence-corrected chi connectivity index (χ2v) is 20.8. The van der Waals surface area contributed by atoms with Gasteiger partial charge in [-0.2, -0.15) is 0 Å². The fraction of sp³-hybridized carbons (Fsp3) is 0.869. The SMILES string of the molecule is CCCCC/C=C\CCC(CCCCCCCCCCCCCC)OC(=O)CCC(NC(=O)CCC(=O)OCCN(C)C)C(=O)OC(CC/C=C\CCCCC)CCCCCCCCCCCCCC. The molecular formula is C61H114N2O7. The lowest BCUT2D eigenvalue weighted by atomic mass is 10.0. The van der Waals surface area contributed by atoms with E-state index in [1.807, 2.05) is 19.0 Å². The van der Waals surface area contributed by atoms with Gasteiger partial charge in [0.2, 0.25) is 5.91 Å². The number of likely N-dealkylation sites (N-methyl/N-ethyl adjacent to an activating group) is 1. The number of ether oxygens (including phenoxy) is 3. The Labute approximate surface area is 433 Å². The molecule has 0 spiro atoms. The number of hydrogen-bond donors (Lipinski definition) is 1. The summed E-state index contributed by atoms with van der Waals surface area (Å²) in [6, 6.07) is -1.03. The molecular weight excluding hydrogens is 873 g/mol. The van der Waals surface area contributed by atoms with E-state index in [0.717, 1.165) is 70.6 Å². The van der Waals surface area contributed by atoms with Crippen molar-refractivity contribution in [1.82, 2.24) is 10.2 Å². The van der Waals surface area contributed by atoms with Crippen LogP contribution in [0.4, 0.5) is 0 Å². The lowest BCUT2D eigenvalue weighted by Crippen LogP contribution is -2.43. The molecule has 3 atom stereocenters. The molecule has 0 aliphatic carbocycles. The first-order chi connectivity index (χ1) is 34.2. The van der Waals surface area contributed by atoms with Crippen LogP contribution in [0.1, 0.15) is 297 Å². The Morgan fingerprint density at radius 2 is 0.800 bits per heavy atom. The molecule has 0 rings (SSSR count). The number of nitrogens with one attached hydrogen (secondary N) is 1. The Balaban J connectivity index is 5.70. The maximum Gasteiger partial charge on any atom is 0.328 e. The normalized spacial score (nSPS) is 13.0. The molecule has 0 fully saturated rings. The van der Waals surface area contributed by atoms with Gasteiger partial charge in [-0.05, 0) is 97.6 Å². The van der Waals surface area contributed by atoms with Crippen molar-refractivity contribution < 1.29 is 33.4 Å². The number of hydrogen-bond acceptors (Lipinski definition) is 8. The molecule has 9 heteroatoms. The van der Waals surface area contributed by atoms with Crippen LogP contribution < -0.4 is 5.32 Å². The molecule has 9 nitrogen and oxygen atoms in total. The predicted molar refractivity (Wildman–Crippen MR) is 296 cm³/mol. The zero-order valence-corrected chi connectivity index (χ0v) is 47.0. The van der Waals surface area contributed by atoms with Crippen LogP contribution in [0.2, 0.25) is 0 Å². The van der Waals surface area contributed by atoms with E-state index in [4.69, 9.17) is 14.2 Å². The largest absolute Gasteiger partial charge is 0.464 e. The minimum atomic E-state index is -1.03. The molecule has 0 aromatic heterocycles. The van der Waals surface area contributed by atoms with Crippen molar-refractivity contribution in [1.29, 1.82) is 0 Å². The zero-order chi connectivity index (χ0) is 51.4. The first kappa shape index (κ1) is 67.3. The van der Waals surface area contributed by atoms with Crippen molar-refractivity contribution in [2.75, 3.05) is 27.2 Å². The van der Waals surface area contributed by atoms with E-state index in [0.29, 0.717) is 13.0 Å². The summed E-state index contributed by atoms with van der Waals surface area (Å²) in [4.78, 5) is 55.4. The summed E-state index contributed by atoms with van der Waals surface area (Å²) in [7, 11) is 3.80. The van der Waals surface area contributed by atoms with Gasteiger partial charge < -0.3 is 24.4 Å². The van der Waals surface area contributed by atoms with Crippen LogP contribution in [-0.4, -0.2) is 74.2 Å². The topological polar surface area (TPSA) is 111 Å². The number of rotatable bonds is 53. The van der Waals surface area contributed by atoms with Crippen LogP contribution in [0.25, 0.3) is 0 Å². The van der Waals surface area contributed by atoms with E-state index in [2.05, 4.69) is 57.3 Å². The number of allylic oxidation sites excluding steroid dienone is 4. The van der Waals surface area contributed by atoms with Crippen molar-refractivity contribution >= 4 is 23.8 Å². The van der Waals surface area contributed by atoms with Gasteiger partial charge >= 0.3 is 17.9 Å². The van der Waals surface area contributed by atoms with Crippen molar-refractivity contribution in [3.8, 4) is 0 Å². The highest BCUT2D eigenvalue weighted by Gasteiger charge is 2.27. The number of unbranched alkanes of at least 4 members (excludes halogenated alkanes) is 28. The van der Waals surface area contributed by atoms with Crippen molar-refractivity contribution in [2.24, 2.45) is 0 Å². The fourth-order valence-corrected chi connectivity index (χ4v) is 8.91. The monoisotopic (exact) mass is 987 g/mol. The van der Waals surface area contributed by atoms with Gasteiger partial charge in [-0.1, -0.05) is 219 Å². The Bertz CT molecular complexity index is 1250. The molecule has 0 saturated heterocycles. The third-order valence-corrected chi connectivity index (χ3v) is 13.5. The summed E-state index contributed by atoms with van der Waals surface area (Å²) in [6.45, 7) is 9.80. The number of nitrogens with zero attached hydrogens (tertiary/aromatic N) is 1. The predicted octanol–water partition coefficient (Wildman–Crippen LogP) is 17.0. The maximum atomic E-state index is 14.1. The third-order valence-electron chi connectivity index (χ3n) is 13.5. The summed E-state index contributed by atoms with van der Waals surface area (Å²) in [5.41, 5.74) is 0. The lowest BCUT2D eigenvalue weighted by molar-refractivity contribution is -0.155. The highest BCUT2D eigenvalue weighted by Crippen LogP contribution is 2.20. The molecule has 3 unspecified atom stereocenters. The average molecular weight is 988 g/mol. The highest BCUT2D eigenvalue weighted by molar-refractivity contribution is 5.86. The van der Waals surface area contributed by atoms with Crippen molar-refractivity contribution in [3.05, 3.63) is 24.3 Å². The summed E-state index contributed by atoms with van der Waals surface area (Å²) in [5.74, 6) is -1.77. The molecule has 0 aromatic carbocycles. The van der Waals surface area contributed by atoms with E-state index in [9.17, 15) is 19.2 Å². The Morgan fingerprint density at radius 3 is 1.23 bits per heavy atom. The standard InChI is InChI=1S/C61H114N2O7/c1-7-11-15-19-23-25-27-29-31-35-39-42-46-55(45-41-37-33-21-17-13-9-3)69-60(66)51-49-57(62-58(64)50-52-59(65)68-54-53-63(5)6)61(67)70-56(47-43-38-34-22-18-14-10-4)48-44-40-36-32-30-28-26-24-20-16-12-8-2/h33-34,37-38,55-57H,7-32,35-36,39-54H2,1-6H3,(H,62,64)/b37-33-,38-34-. The highest BCUT2D eigenvalue weighted by atomic mass is 16.6. The van der Waals surface area contributed by atoms with Gasteiger partial charge in [0, 0.05) is 19.4 Å². The van der Waals surface area contributed by atoms with Crippen LogP contribution in [0.15, 0.2) is 24.3 Å². The minimum absolute atomic E-state index is 0.0155. The van der Waals surface area contributed by atoms with Crippen LogP contribution in [0.3, 0.4) is 0 Å². The molecule has 0 aliphatic rings. The molecule has 70 heavy (non-hydrogen) atoms. The number of carbonyl (C=O) groups excluding carboxylic acids is 4. The summed E-state index contributed by atoms with van der Waals surface area (Å²) < 4.78 is 17.7. The number of esters is 3. The fourth-order valence-electron chi connectivity index (χ4n) is 8.91. The molecule has 410 valence electrons. The summed E-state index contributed by atoms with van der Waals surface area (Å²) >= 11 is 0. The smallest absolute Gasteiger partial charge is 0.328 e. The number of amides is 1. The van der Waals surface area contributed by atoms with Gasteiger partial charge in [-0.15, -0.1) is 0 Å². The maximum absolute atomic E-state index is 14.1. The number of carbonyl (C=O) groups is 4. The average Bonchev–Trinajstić information content (AvgIpc) is 3.34. The second-order valence-electron chi connectivity index (χ2n) is 20.8. The lowest BCUT2D eigenvalue weighted by Gasteiger charge is -2.23. The molecule has 1 N–H and O–H groups in total. The molecule has 0 bridgehead atoms. The van der Waals surface area contributed by atoms with Gasteiger partial charge in [-0.3, -0.25) is 14.4 Å². The van der Waals surface area contributed by atoms with E-state index in [1.54, 1.807) is 0 Å². The molecule has 0 aliphatic heterocycles. The van der Waals surface area contributed by atoms with Gasteiger partial charge in [0.1, 0.15) is 24.9 Å². The second kappa shape index (κ2) is 52.6. The zero-order valence-electron chi connectivity index (χ0n) is 47.0. The van der Waals surface area contributed by atoms with E-state index < -0.39 is 23.9 Å². The quantitative estimate of drug-likeness (QED) is 0.0278. The van der Waals surface area contributed by atoms with E-state index >= 15 is 0 Å². The molecule has 1 amide bonds. The summed E-state index contributed by atoms with van der Waals surface area (Å²) in [6.07, 6.45) is 52.9. The van der Waals surface area contributed by atoms with E-state index in [1.165, 1.54) is 167 Å². The van der Waals surface area contributed by atoms with Crippen LogP contribution >= 0.6 is 0 Å². The Hall–Kier alpha value is -2.68. The molecule has 0 saturated carbocycles. The molecule has 0 radical (unpaired) electrons. The van der Waals surface area contributed by atoms with Crippen molar-refractivity contribution in [3.63, 3.8) is 0 Å². The van der Waals surface area contributed by atoms with Gasteiger partial charge in [0.25, 0.3) is 0 Å². The molecule has 0 heterocycles. The minimum Gasteiger partial charge on any atom is -0.464 e.